The van der Waals surface area contributed by atoms with Gasteiger partial charge in [0.25, 0.3) is 0 Å². The van der Waals surface area contributed by atoms with Gasteiger partial charge in [0.05, 0.1) is 18.8 Å². The summed E-state index contributed by atoms with van der Waals surface area (Å²) in [7, 11) is 0. The van der Waals surface area contributed by atoms with Crippen molar-refractivity contribution in [3.05, 3.63) is 0 Å². The molecule has 2 N–H and O–H groups in total. The summed E-state index contributed by atoms with van der Waals surface area (Å²) in [6.07, 6.45) is 4.49. The highest BCUT2D eigenvalue weighted by atomic mass is 16.3. The predicted molar refractivity (Wildman–Crippen MR) is 68.1 cm³/mol. The Labute approximate surface area is 108 Å². The van der Waals surface area contributed by atoms with E-state index in [-0.39, 0.29) is 5.91 Å². The van der Waals surface area contributed by atoms with Crippen LogP contribution in [0.1, 0.15) is 32.1 Å². The first-order valence-corrected chi connectivity index (χ1v) is 7.03. The number of aliphatic hydroxyl groups is 2. The standard InChI is InChI=1S/C13H24N2O3/c16-11-8-14(9-12(11)17)10-13(18)15-6-4-2-1-3-5-7-15/h11-12,16-17H,1-10H2. The fourth-order valence-corrected chi connectivity index (χ4v) is 2.76. The molecule has 0 aromatic heterocycles. The Hall–Kier alpha value is -0.650. The summed E-state index contributed by atoms with van der Waals surface area (Å²) in [6, 6.07) is 0. The van der Waals surface area contributed by atoms with Crippen LogP contribution in [0.2, 0.25) is 0 Å². The third kappa shape index (κ3) is 3.67. The van der Waals surface area contributed by atoms with Gasteiger partial charge in [0, 0.05) is 26.2 Å². The summed E-state index contributed by atoms with van der Waals surface area (Å²) < 4.78 is 0. The third-order valence-corrected chi connectivity index (χ3v) is 3.90. The fourth-order valence-electron chi connectivity index (χ4n) is 2.76. The number of carbonyl (C=O) groups is 1. The number of β-amino-alcohol motifs (C(OH)–C–C–N with tert-alkyl or cyclic N) is 2. The smallest absolute Gasteiger partial charge is 0.236 e. The SMILES string of the molecule is O=C(CN1CC(O)C(O)C1)N1CCCCCCC1. The maximum atomic E-state index is 12.2. The number of rotatable bonds is 2. The monoisotopic (exact) mass is 256 g/mol. The highest BCUT2D eigenvalue weighted by molar-refractivity contribution is 5.78. The molecule has 0 bridgehead atoms. The number of nitrogens with zero attached hydrogens (tertiary/aromatic N) is 2. The van der Waals surface area contributed by atoms with Gasteiger partial charge in [-0.1, -0.05) is 19.3 Å². The van der Waals surface area contributed by atoms with E-state index in [0.717, 1.165) is 25.9 Å². The van der Waals surface area contributed by atoms with Crippen LogP contribution in [0.4, 0.5) is 0 Å². The summed E-state index contributed by atoms with van der Waals surface area (Å²) in [5.41, 5.74) is 0. The number of aliphatic hydroxyl groups excluding tert-OH is 2. The van der Waals surface area contributed by atoms with Crippen molar-refractivity contribution in [3.8, 4) is 0 Å². The molecular formula is C13H24N2O3. The lowest BCUT2D eigenvalue weighted by Crippen LogP contribution is -2.41. The van der Waals surface area contributed by atoms with Crippen LogP contribution in [0.3, 0.4) is 0 Å². The molecule has 2 aliphatic heterocycles. The molecule has 5 nitrogen and oxygen atoms in total. The zero-order valence-electron chi connectivity index (χ0n) is 10.9. The summed E-state index contributed by atoms with van der Waals surface area (Å²) in [5, 5.41) is 18.9. The van der Waals surface area contributed by atoms with E-state index in [1.807, 2.05) is 9.80 Å². The Morgan fingerprint density at radius 1 is 0.944 bits per heavy atom. The molecular weight excluding hydrogens is 232 g/mol. The summed E-state index contributed by atoms with van der Waals surface area (Å²) in [5.74, 6) is 0.137. The normalized spacial score (nSPS) is 31.1. The first-order chi connectivity index (χ1) is 8.66. The Bertz CT molecular complexity index is 267. The van der Waals surface area contributed by atoms with E-state index in [4.69, 9.17) is 0 Å². The number of likely N-dealkylation sites (tertiary alicyclic amines) is 2. The van der Waals surface area contributed by atoms with E-state index in [1.54, 1.807) is 0 Å². The molecule has 2 aliphatic rings. The second-order valence-corrected chi connectivity index (χ2v) is 5.48. The van der Waals surface area contributed by atoms with Crippen molar-refractivity contribution in [2.24, 2.45) is 0 Å². The number of hydrogen-bond donors (Lipinski definition) is 2. The highest BCUT2D eigenvalue weighted by Crippen LogP contribution is 2.13. The molecule has 0 spiro atoms. The van der Waals surface area contributed by atoms with Gasteiger partial charge in [-0.25, -0.2) is 0 Å². The van der Waals surface area contributed by atoms with Gasteiger partial charge in [-0.3, -0.25) is 9.69 Å². The maximum absolute atomic E-state index is 12.2. The van der Waals surface area contributed by atoms with Crippen LogP contribution in [0.25, 0.3) is 0 Å². The minimum Gasteiger partial charge on any atom is -0.389 e. The second kappa shape index (κ2) is 6.50. The van der Waals surface area contributed by atoms with E-state index in [9.17, 15) is 15.0 Å². The minimum atomic E-state index is -0.704. The lowest BCUT2D eigenvalue weighted by Gasteiger charge is -2.26. The Balaban J connectivity index is 1.79. The van der Waals surface area contributed by atoms with Crippen LogP contribution in [-0.2, 0) is 4.79 Å². The topological polar surface area (TPSA) is 64.0 Å². The molecule has 2 rings (SSSR count). The predicted octanol–water partition coefficient (Wildman–Crippen LogP) is -0.184. The van der Waals surface area contributed by atoms with Gasteiger partial charge in [-0.15, -0.1) is 0 Å². The van der Waals surface area contributed by atoms with Gasteiger partial charge >= 0.3 is 0 Å². The molecule has 1 amide bonds. The van der Waals surface area contributed by atoms with Crippen LogP contribution in [0.5, 0.6) is 0 Å². The van der Waals surface area contributed by atoms with Gasteiger partial charge < -0.3 is 15.1 Å². The van der Waals surface area contributed by atoms with Crippen molar-refractivity contribution in [2.45, 2.75) is 44.3 Å². The summed E-state index contributed by atoms with van der Waals surface area (Å²) in [4.78, 5) is 15.9. The molecule has 2 atom stereocenters. The highest BCUT2D eigenvalue weighted by Gasteiger charge is 2.31. The van der Waals surface area contributed by atoms with Gasteiger partial charge in [0.2, 0.25) is 5.91 Å². The van der Waals surface area contributed by atoms with Crippen molar-refractivity contribution < 1.29 is 15.0 Å². The van der Waals surface area contributed by atoms with Gasteiger partial charge in [0.15, 0.2) is 0 Å². The summed E-state index contributed by atoms with van der Waals surface area (Å²) in [6.45, 7) is 2.85. The van der Waals surface area contributed by atoms with E-state index < -0.39 is 12.2 Å². The molecule has 18 heavy (non-hydrogen) atoms. The van der Waals surface area contributed by atoms with Crippen molar-refractivity contribution >= 4 is 5.91 Å². The van der Waals surface area contributed by atoms with Gasteiger partial charge in [0.1, 0.15) is 0 Å². The number of carbonyl (C=O) groups excluding carboxylic acids is 1. The average Bonchev–Trinajstić information content (AvgIpc) is 2.56. The van der Waals surface area contributed by atoms with Crippen molar-refractivity contribution in [1.29, 1.82) is 0 Å². The zero-order valence-corrected chi connectivity index (χ0v) is 10.9. The zero-order chi connectivity index (χ0) is 13.0. The average molecular weight is 256 g/mol. The molecule has 2 heterocycles. The Kier molecular flexibility index (Phi) is 4.97. The Morgan fingerprint density at radius 2 is 1.44 bits per heavy atom. The minimum absolute atomic E-state index is 0.137. The third-order valence-electron chi connectivity index (χ3n) is 3.90. The summed E-state index contributed by atoms with van der Waals surface area (Å²) >= 11 is 0. The lowest BCUT2D eigenvalue weighted by atomic mass is 10.1. The fraction of sp³-hybridized carbons (Fsp3) is 0.923. The maximum Gasteiger partial charge on any atom is 0.236 e. The molecule has 0 saturated carbocycles. The molecule has 2 unspecified atom stereocenters. The van der Waals surface area contributed by atoms with E-state index in [2.05, 4.69) is 0 Å². The van der Waals surface area contributed by atoms with Gasteiger partial charge in [-0.2, -0.15) is 0 Å². The van der Waals surface area contributed by atoms with E-state index >= 15 is 0 Å². The van der Waals surface area contributed by atoms with Crippen molar-refractivity contribution in [3.63, 3.8) is 0 Å². The number of hydrogen-bond acceptors (Lipinski definition) is 4. The Morgan fingerprint density at radius 3 is 2.00 bits per heavy atom. The molecule has 0 aliphatic carbocycles. The van der Waals surface area contributed by atoms with Crippen molar-refractivity contribution in [1.82, 2.24) is 9.80 Å². The van der Waals surface area contributed by atoms with Crippen molar-refractivity contribution in [2.75, 3.05) is 32.7 Å². The van der Waals surface area contributed by atoms with Crippen LogP contribution in [0, 0.1) is 0 Å². The van der Waals surface area contributed by atoms with Crippen LogP contribution in [0.15, 0.2) is 0 Å². The number of amides is 1. The molecule has 2 saturated heterocycles. The molecule has 2 fully saturated rings. The second-order valence-electron chi connectivity index (χ2n) is 5.48. The molecule has 0 radical (unpaired) electrons. The molecule has 0 aromatic rings. The van der Waals surface area contributed by atoms with Crippen LogP contribution < -0.4 is 0 Å². The largest absolute Gasteiger partial charge is 0.389 e. The quantitative estimate of drug-likeness (QED) is 0.719. The molecule has 104 valence electrons. The van der Waals surface area contributed by atoms with Crippen LogP contribution >= 0.6 is 0 Å². The first-order valence-electron chi connectivity index (χ1n) is 7.03. The van der Waals surface area contributed by atoms with Gasteiger partial charge in [-0.05, 0) is 12.8 Å². The van der Waals surface area contributed by atoms with E-state index in [0.29, 0.717) is 19.6 Å². The van der Waals surface area contributed by atoms with E-state index in [1.165, 1.54) is 19.3 Å². The molecule has 5 heteroatoms. The first kappa shape index (κ1) is 13.8. The lowest BCUT2D eigenvalue weighted by molar-refractivity contribution is -0.132. The molecule has 0 aromatic carbocycles. The van der Waals surface area contributed by atoms with Crippen LogP contribution in [-0.4, -0.2) is 70.9 Å².